The molecule has 1 aromatic rings. The molecule has 0 saturated heterocycles. The van der Waals surface area contributed by atoms with E-state index in [0.29, 0.717) is 5.82 Å². The number of nitrogens with zero attached hydrogens (tertiary/aromatic N) is 2. The molecular weight excluding hydrogens is 381 g/mol. The van der Waals surface area contributed by atoms with E-state index in [1.807, 2.05) is 6.07 Å². The molecule has 1 heterocycles. The molecule has 0 amide bonds. The summed E-state index contributed by atoms with van der Waals surface area (Å²) in [6.07, 6.45) is 1.62. The zero-order valence-corrected chi connectivity index (χ0v) is 12.0. The van der Waals surface area contributed by atoms with E-state index in [4.69, 9.17) is 22.8 Å². The van der Waals surface area contributed by atoms with Crippen LogP contribution in [0, 0.1) is 0 Å². The fourth-order valence-electron chi connectivity index (χ4n) is 0.739. The number of hydrogen-bond acceptors (Lipinski definition) is 4. The number of nitrogens with two attached hydrogens (primary N) is 1. The Labute approximate surface area is 113 Å². The zero-order chi connectivity index (χ0) is 9.84. The summed E-state index contributed by atoms with van der Waals surface area (Å²) in [5, 5.41) is 1.36. The SMILES string of the molecule is COC(=S)N(N)c1ncccc1Br.I. The molecule has 0 spiro atoms. The smallest absolute Gasteiger partial charge is 0.279 e. The van der Waals surface area contributed by atoms with E-state index in [1.165, 1.54) is 12.1 Å². The summed E-state index contributed by atoms with van der Waals surface area (Å²) in [6, 6.07) is 3.61. The van der Waals surface area contributed by atoms with Crippen LogP contribution >= 0.6 is 52.1 Å². The Morgan fingerprint density at radius 3 is 2.86 bits per heavy atom. The summed E-state index contributed by atoms with van der Waals surface area (Å²) in [6.45, 7) is 0. The van der Waals surface area contributed by atoms with Crippen LogP contribution in [0.3, 0.4) is 0 Å². The van der Waals surface area contributed by atoms with Crippen molar-refractivity contribution in [3.63, 3.8) is 0 Å². The van der Waals surface area contributed by atoms with Crippen molar-refractivity contribution in [2.75, 3.05) is 12.1 Å². The number of methoxy groups -OCH3 is 1. The minimum absolute atomic E-state index is 0. The maximum Gasteiger partial charge on any atom is 0.279 e. The summed E-state index contributed by atoms with van der Waals surface area (Å²) in [4.78, 5) is 4.03. The van der Waals surface area contributed by atoms with Gasteiger partial charge in [-0.3, -0.25) is 0 Å². The quantitative estimate of drug-likeness (QED) is 0.345. The van der Waals surface area contributed by atoms with Crippen LogP contribution in [0.15, 0.2) is 22.8 Å². The normalized spacial score (nSPS) is 8.79. The van der Waals surface area contributed by atoms with Crippen molar-refractivity contribution >= 4 is 63.1 Å². The van der Waals surface area contributed by atoms with Gasteiger partial charge in [-0.1, -0.05) is 0 Å². The number of thiocarbonyl (C=S) groups is 1. The molecule has 0 unspecified atom stereocenters. The summed E-state index contributed by atoms with van der Waals surface area (Å²) >= 11 is 8.13. The number of rotatable bonds is 1. The highest BCUT2D eigenvalue weighted by molar-refractivity contribution is 14.0. The average molecular weight is 390 g/mol. The van der Waals surface area contributed by atoms with Crippen LogP contribution in [-0.4, -0.2) is 17.3 Å². The van der Waals surface area contributed by atoms with Gasteiger partial charge in [0, 0.05) is 6.20 Å². The first kappa shape index (κ1) is 14.0. The Morgan fingerprint density at radius 1 is 1.71 bits per heavy atom. The average Bonchev–Trinajstić information content (AvgIpc) is 2.16. The van der Waals surface area contributed by atoms with Gasteiger partial charge in [0.25, 0.3) is 5.17 Å². The fourth-order valence-corrected chi connectivity index (χ4v) is 1.27. The summed E-state index contributed by atoms with van der Waals surface area (Å²) in [7, 11) is 1.46. The monoisotopic (exact) mass is 389 g/mol. The standard InChI is InChI=1S/C7H8BrN3OS.HI/c1-12-7(13)11(9)6-5(8)3-2-4-10-6;/h2-4H,9H2,1H3;1H. The van der Waals surface area contributed by atoms with Crippen molar-refractivity contribution in [3.05, 3.63) is 22.8 Å². The van der Waals surface area contributed by atoms with E-state index in [-0.39, 0.29) is 29.2 Å². The molecule has 2 N–H and O–H groups in total. The van der Waals surface area contributed by atoms with Crippen LogP contribution in [-0.2, 0) is 4.74 Å². The van der Waals surface area contributed by atoms with Gasteiger partial charge in [-0.15, -0.1) is 24.0 Å². The minimum Gasteiger partial charge on any atom is -0.473 e. The third-order valence-electron chi connectivity index (χ3n) is 1.34. The van der Waals surface area contributed by atoms with E-state index >= 15 is 0 Å². The van der Waals surface area contributed by atoms with Gasteiger partial charge in [0.15, 0.2) is 5.82 Å². The second-order valence-corrected chi connectivity index (χ2v) is 3.35. The number of aromatic nitrogens is 1. The van der Waals surface area contributed by atoms with Crippen LogP contribution in [0.4, 0.5) is 5.82 Å². The number of halogens is 2. The van der Waals surface area contributed by atoms with Crippen LogP contribution in [0.1, 0.15) is 0 Å². The largest absolute Gasteiger partial charge is 0.473 e. The third kappa shape index (κ3) is 3.30. The van der Waals surface area contributed by atoms with Crippen LogP contribution in [0.2, 0.25) is 0 Å². The number of anilines is 1. The molecule has 14 heavy (non-hydrogen) atoms. The second-order valence-electron chi connectivity index (χ2n) is 2.15. The fraction of sp³-hybridized carbons (Fsp3) is 0.143. The Bertz CT molecular complexity index is 326. The van der Waals surface area contributed by atoms with Crippen molar-refractivity contribution in [2.45, 2.75) is 0 Å². The molecule has 0 aliphatic heterocycles. The van der Waals surface area contributed by atoms with Crippen molar-refractivity contribution in [1.29, 1.82) is 0 Å². The topological polar surface area (TPSA) is 51.4 Å². The Kier molecular flexibility index (Phi) is 6.49. The van der Waals surface area contributed by atoms with Gasteiger partial charge >= 0.3 is 0 Å². The summed E-state index contributed by atoms with van der Waals surface area (Å²) < 4.78 is 5.55. The minimum atomic E-state index is 0. The van der Waals surface area contributed by atoms with E-state index in [2.05, 4.69) is 20.9 Å². The molecule has 0 aliphatic carbocycles. The number of hydrazine groups is 1. The molecule has 0 aromatic carbocycles. The maximum absolute atomic E-state index is 5.62. The Balaban J connectivity index is 0.00000169. The van der Waals surface area contributed by atoms with Crippen molar-refractivity contribution in [3.8, 4) is 0 Å². The molecule has 1 rings (SSSR count). The predicted molar refractivity (Wildman–Crippen MR) is 73.6 cm³/mol. The lowest BCUT2D eigenvalue weighted by Gasteiger charge is -2.17. The van der Waals surface area contributed by atoms with Gasteiger partial charge in [-0.25, -0.2) is 15.8 Å². The third-order valence-corrected chi connectivity index (χ3v) is 2.32. The molecule has 0 radical (unpaired) electrons. The molecule has 1 aromatic heterocycles. The lowest BCUT2D eigenvalue weighted by Crippen LogP contribution is -2.38. The summed E-state index contributed by atoms with van der Waals surface area (Å²) in [5.74, 6) is 6.15. The van der Waals surface area contributed by atoms with Gasteiger partial charge < -0.3 is 4.74 Å². The van der Waals surface area contributed by atoms with E-state index in [1.54, 1.807) is 12.3 Å². The molecular formula is C7H9BrIN3OS. The van der Waals surface area contributed by atoms with E-state index in [0.717, 1.165) is 4.47 Å². The number of ether oxygens (including phenoxy) is 1. The molecule has 0 atom stereocenters. The highest BCUT2D eigenvalue weighted by Gasteiger charge is 2.11. The van der Waals surface area contributed by atoms with E-state index in [9.17, 15) is 0 Å². The first-order chi connectivity index (χ1) is 6.16. The number of hydrogen-bond donors (Lipinski definition) is 1. The summed E-state index contributed by atoms with van der Waals surface area (Å²) in [5.41, 5.74) is 0. The second kappa shape index (κ2) is 6.49. The highest BCUT2D eigenvalue weighted by Crippen LogP contribution is 2.20. The van der Waals surface area contributed by atoms with Crippen molar-refractivity contribution < 1.29 is 4.74 Å². The Hall–Kier alpha value is 0.01000. The number of pyridine rings is 1. The van der Waals surface area contributed by atoms with Gasteiger partial charge in [0.1, 0.15) is 0 Å². The first-order valence-electron chi connectivity index (χ1n) is 3.40. The van der Waals surface area contributed by atoms with Crippen LogP contribution in [0.25, 0.3) is 0 Å². The van der Waals surface area contributed by atoms with Gasteiger partial charge in [-0.05, 0) is 40.3 Å². The van der Waals surface area contributed by atoms with Crippen molar-refractivity contribution in [2.24, 2.45) is 5.84 Å². The molecule has 0 fully saturated rings. The van der Waals surface area contributed by atoms with Gasteiger partial charge in [-0.2, -0.15) is 0 Å². The maximum atomic E-state index is 5.62. The highest BCUT2D eigenvalue weighted by atomic mass is 127. The lowest BCUT2D eigenvalue weighted by molar-refractivity contribution is 0.403. The predicted octanol–water partition coefficient (Wildman–Crippen LogP) is 2.07. The molecule has 78 valence electrons. The molecule has 0 aliphatic rings. The molecule has 4 nitrogen and oxygen atoms in total. The molecule has 0 bridgehead atoms. The zero-order valence-electron chi connectivity index (χ0n) is 7.31. The lowest BCUT2D eigenvalue weighted by atomic mass is 10.4. The van der Waals surface area contributed by atoms with Crippen molar-refractivity contribution in [1.82, 2.24) is 4.98 Å². The molecule has 0 saturated carbocycles. The van der Waals surface area contributed by atoms with Gasteiger partial charge in [0.05, 0.1) is 11.6 Å². The van der Waals surface area contributed by atoms with Gasteiger partial charge in [0.2, 0.25) is 0 Å². The first-order valence-corrected chi connectivity index (χ1v) is 4.60. The molecule has 7 heteroatoms. The van der Waals surface area contributed by atoms with Crippen LogP contribution in [0.5, 0.6) is 0 Å². The van der Waals surface area contributed by atoms with E-state index < -0.39 is 0 Å². The van der Waals surface area contributed by atoms with Crippen LogP contribution < -0.4 is 10.9 Å². The Morgan fingerprint density at radius 2 is 2.36 bits per heavy atom.